The van der Waals surface area contributed by atoms with E-state index in [1.54, 1.807) is 0 Å². The van der Waals surface area contributed by atoms with Gasteiger partial charge < -0.3 is 5.32 Å². The van der Waals surface area contributed by atoms with E-state index < -0.39 is 0 Å². The van der Waals surface area contributed by atoms with E-state index in [4.69, 9.17) is 0 Å². The molecule has 2 aromatic rings. The number of nitrogens with one attached hydrogen (secondary N) is 1. The lowest BCUT2D eigenvalue weighted by Gasteiger charge is -2.23. The number of aryl methyl sites for hydroxylation is 2. The molecule has 2 rings (SSSR count). The van der Waals surface area contributed by atoms with E-state index in [0.717, 1.165) is 4.47 Å². The molecule has 1 unspecified atom stereocenters. The average Bonchev–Trinajstić information content (AvgIpc) is 2.41. The molecule has 0 aliphatic rings. The van der Waals surface area contributed by atoms with Gasteiger partial charge in [0.2, 0.25) is 0 Å². The maximum absolute atomic E-state index is 3.69. The molecule has 1 N–H and O–H groups in total. The highest BCUT2D eigenvalue weighted by atomic mass is 79.9. The van der Waals surface area contributed by atoms with Gasteiger partial charge in [0.25, 0.3) is 0 Å². The molecule has 0 amide bonds. The molecular weight excluding hydrogens is 310 g/mol. The summed E-state index contributed by atoms with van der Waals surface area (Å²) in [7, 11) is 0. The highest BCUT2D eigenvalue weighted by molar-refractivity contribution is 9.10. The third kappa shape index (κ3) is 3.50. The molecule has 0 radical (unpaired) electrons. The van der Waals surface area contributed by atoms with Crippen molar-refractivity contribution >= 4 is 15.9 Å². The zero-order valence-electron chi connectivity index (χ0n) is 12.6. The molecule has 20 heavy (non-hydrogen) atoms. The summed E-state index contributed by atoms with van der Waals surface area (Å²) in [6.45, 7) is 8.76. The van der Waals surface area contributed by atoms with Crippen LogP contribution in [0.15, 0.2) is 46.9 Å². The molecule has 2 heteroatoms. The van der Waals surface area contributed by atoms with Gasteiger partial charge in [0, 0.05) is 16.6 Å². The van der Waals surface area contributed by atoms with Gasteiger partial charge in [-0.25, -0.2) is 0 Å². The van der Waals surface area contributed by atoms with Crippen LogP contribution in [0.5, 0.6) is 0 Å². The van der Waals surface area contributed by atoms with Crippen LogP contribution < -0.4 is 5.32 Å². The van der Waals surface area contributed by atoms with Crippen molar-refractivity contribution in [2.45, 2.75) is 39.8 Å². The van der Waals surface area contributed by atoms with E-state index in [1.165, 1.54) is 22.3 Å². The third-order valence-electron chi connectivity index (χ3n) is 3.77. The third-order valence-corrected chi connectivity index (χ3v) is 4.50. The Morgan fingerprint density at radius 3 is 2.25 bits per heavy atom. The fourth-order valence-corrected chi connectivity index (χ4v) is 3.24. The van der Waals surface area contributed by atoms with Gasteiger partial charge in [-0.1, -0.05) is 57.9 Å². The normalized spacial score (nSPS) is 14.1. The van der Waals surface area contributed by atoms with Gasteiger partial charge in [-0.15, -0.1) is 0 Å². The Balaban J connectivity index is 2.17. The van der Waals surface area contributed by atoms with Crippen LogP contribution in [0.4, 0.5) is 0 Å². The van der Waals surface area contributed by atoms with Crippen molar-refractivity contribution < 1.29 is 0 Å². The number of halogens is 1. The minimum absolute atomic E-state index is 0.306. The van der Waals surface area contributed by atoms with E-state index in [-0.39, 0.29) is 0 Å². The average molecular weight is 332 g/mol. The molecule has 0 saturated heterocycles. The van der Waals surface area contributed by atoms with Gasteiger partial charge in [0.05, 0.1) is 0 Å². The first-order valence-electron chi connectivity index (χ1n) is 7.06. The van der Waals surface area contributed by atoms with E-state index in [2.05, 4.69) is 91.4 Å². The molecule has 0 fully saturated rings. The zero-order valence-corrected chi connectivity index (χ0v) is 14.2. The van der Waals surface area contributed by atoms with E-state index >= 15 is 0 Å². The molecular formula is C18H22BrN. The van der Waals surface area contributed by atoms with Crippen molar-refractivity contribution in [3.8, 4) is 0 Å². The number of rotatable bonds is 4. The predicted molar refractivity (Wildman–Crippen MR) is 90.0 cm³/mol. The van der Waals surface area contributed by atoms with Crippen LogP contribution in [0.2, 0.25) is 0 Å². The Labute approximate surface area is 130 Å². The standard InChI is InChI=1S/C18H22BrN/c1-12-9-10-13(2)17(11-12)15(4)20-14(3)16-7-5-6-8-18(16)19/h5-11,14-15,20H,1-4H3/t14-,15?/m1/s1. The van der Waals surface area contributed by atoms with E-state index in [1.807, 2.05) is 0 Å². The van der Waals surface area contributed by atoms with Crippen molar-refractivity contribution in [3.63, 3.8) is 0 Å². The highest BCUT2D eigenvalue weighted by Gasteiger charge is 2.14. The molecule has 0 heterocycles. The van der Waals surface area contributed by atoms with Crippen LogP contribution in [-0.2, 0) is 0 Å². The monoisotopic (exact) mass is 331 g/mol. The first kappa shape index (κ1) is 15.3. The highest BCUT2D eigenvalue weighted by Crippen LogP contribution is 2.26. The number of hydrogen-bond acceptors (Lipinski definition) is 1. The second kappa shape index (κ2) is 6.55. The first-order chi connectivity index (χ1) is 9.49. The summed E-state index contributed by atoms with van der Waals surface area (Å²) in [5.41, 5.74) is 5.33. The first-order valence-corrected chi connectivity index (χ1v) is 7.86. The topological polar surface area (TPSA) is 12.0 Å². The summed E-state index contributed by atoms with van der Waals surface area (Å²) in [4.78, 5) is 0. The Hall–Kier alpha value is -1.12. The van der Waals surface area contributed by atoms with Gasteiger partial charge in [0.15, 0.2) is 0 Å². The van der Waals surface area contributed by atoms with Crippen molar-refractivity contribution in [2.24, 2.45) is 0 Å². The molecule has 0 bridgehead atoms. The molecule has 2 aromatic carbocycles. The summed E-state index contributed by atoms with van der Waals surface area (Å²) >= 11 is 3.63. The lowest BCUT2D eigenvalue weighted by Crippen LogP contribution is -2.23. The fraction of sp³-hybridized carbons (Fsp3) is 0.333. The van der Waals surface area contributed by atoms with E-state index in [0.29, 0.717) is 12.1 Å². The van der Waals surface area contributed by atoms with Crippen LogP contribution in [0, 0.1) is 13.8 Å². The summed E-state index contributed by atoms with van der Waals surface area (Å²) < 4.78 is 1.16. The number of hydrogen-bond donors (Lipinski definition) is 1. The molecule has 0 aliphatic heterocycles. The van der Waals surface area contributed by atoms with Gasteiger partial charge >= 0.3 is 0 Å². The largest absolute Gasteiger partial charge is 0.304 e. The van der Waals surface area contributed by atoms with Gasteiger partial charge in [-0.2, -0.15) is 0 Å². The zero-order chi connectivity index (χ0) is 14.7. The van der Waals surface area contributed by atoms with Crippen LogP contribution in [0.1, 0.15) is 48.2 Å². The second-order valence-electron chi connectivity index (χ2n) is 5.49. The van der Waals surface area contributed by atoms with Crippen molar-refractivity contribution in [1.82, 2.24) is 5.32 Å². The van der Waals surface area contributed by atoms with E-state index in [9.17, 15) is 0 Å². The van der Waals surface area contributed by atoms with Crippen LogP contribution in [0.3, 0.4) is 0 Å². The molecule has 0 aromatic heterocycles. The fourth-order valence-electron chi connectivity index (χ4n) is 2.61. The molecule has 1 nitrogen and oxygen atoms in total. The van der Waals surface area contributed by atoms with Crippen molar-refractivity contribution in [3.05, 3.63) is 69.2 Å². The molecule has 2 atom stereocenters. The van der Waals surface area contributed by atoms with Gasteiger partial charge in [-0.3, -0.25) is 0 Å². The second-order valence-corrected chi connectivity index (χ2v) is 6.35. The SMILES string of the molecule is Cc1ccc(C)c(C(C)N[C@H](C)c2ccccc2Br)c1. The Bertz CT molecular complexity index is 592. The quantitative estimate of drug-likeness (QED) is 0.782. The molecule has 106 valence electrons. The predicted octanol–water partition coefficient (Wildman–Crippen LogP) is 5.48. The lowest BCUT2D eigenvalue weighted by atomic mass is 9.98. The lowest BCUT2D eigenvalue weighted by molar-refractivity contribution is 0.492. The number of benzene rings is 2. The Kier molecular flexibility index (Phi) is 5.00. The Morgan fingerprint density at radius 2 is 1.55 bits per heavy atom. The molecule has 0 aliphatic carbocycles. The van der Waals surface area contributed by atoms with Gasteiger partial charge in [-0.05, 0) is 50.5 Å². The minimum Gasteiger partial charge on any atom is -0.304 e. The molecule has 0 saturated carbocycles. The summed E-state index contributed by atoms with van der Waals surface area (Å²) in [6, 6.07) is 15.7. The Morgan fingerprint density at radius 1 is 0.900 bits per heavy atom. The van der Waals surface area contributed by atoms with Crippen molar-refractivity contribution in [2.75, 3.05) is 0 Å². The summed E-state index contributed by atoms with van der Waals surface area (Å²) in [5.74, 6) is 0. The summed E-state index contributed by atoms with van der Waals surface area (Å²) in [6.07, 6.45) is 0. The van der Waals surface area contributed by atoms with Gasteiger partial charge in [0.1, 0.15) is 0 Å². The summed E-state index contributed by atoms with van der Waals surface area (Å²) in [5, 5.41) is 3.69. The van der Waals surface area contributed by atoms with Crippen molar-refractivity contribution in [1.29, 1.82) is 0 Å². The van der Waals surface area contributed by atoms with Crippen LogP contribution >= 0.6 is 15.9 Å². The maximum Gasteiger partial charge on any atom is 0.0308 e. The van der Waals surface area contributed by atoms with Crippen LogP contribution in [-0.4, -0.2) is 0 Å². The molecule has 0 spiro atoms. The maximum atomic E-state index is 3.69. The van der Waals surface area contributed by atoms with Crippen LogP contribution in [0.25, 0.3) is 0 Å². The minimum atomic E-state index is 0.306. The smallest absolute Gasteiger partial charge is 0.0308 e.